The minimum absolute atomic E-state index is 0. The van der Waals surface area contributed by atoms with Crippen molar-refractivity contribution < 1.29 is 0 Å². The predicted molar refractivity (Wildman–Crippen MR) is 126 cm³/mol. The van der Waals surface area contributed by atoms with Gasteiger partial charge in [0.05, 0.1) is 0 Å². The van der Waals surface area contributed by atoms with Gasteiger partial charge in [0.1, 0.15) is 0 Å². The molecule has 154 valence electrons. The number of aromatic nitrogens is 2. The van der Waals surface area contributed by atoms with E-state index in [-0.39, 0.29) is 24.0 Å². The molecule has 1 aromatic carbocycles. The van der Waals surface area contributed by atoms with Crippen molar-refractivity contribution in [1.29, 1.82) is 0 Å². The van der Waals surface area contributed by atoms with Crippen molar-refractivity contribution in [2.24, 2.45) is 4.99 Å². The lowest BCUT2D eigenvalue weighted by atomic mass is 10.00. The maximum absolute atomic E-state index is 4.67. The van der Waals surface area contributed by atoms with Crippen molar-refractivity contribution in [3.05, 3.63) is 53.9 Å². The van der Waals surface area contributed by atoms with Crippen LogP contribution >= 0.6 is 24.0 Å². The summed E-state index contributed by atoms with van der Waals surface area (Å²) in [6, 6.07) is 10.8. The molecule has 0 spiro atoms. The summed E-state index contributed by atoms with van der Waals surface area (Å²) in [5.41, 5.74) is 3.01. The molecule has 2 heterocycles. The Morgan fingerprint density at radius 2 is 1.96 bits per heavy atom. The summed E-state index contributed by atoms with van der Waals surface area (Å²) in [7, 11) is 0. The topological polar surface area (TPSA) is 57.5 Å². The molecule has 28 heavy (non-hydrogen) atoms. The zero-order valence-electron chi connectivity index (χ0n) is 16.8. The van der Waals surface area contributed by atoms with Crippen LogP contribution in [0.3, 0.4) is 0 Å². The molecular weight excluding hydrogens is 463 g/mol. The van der Waals surface area contributed by atoms with Crippen LogP contribution in [0.1, 0.15) is 30.9 Å². The number of guanidine groups is 1. The van der Waals surface area contributed by atoms with Crippen LogP contribution in [0.5, 0.6) is 0 Å². The summed E-state index contributed by atoms with van der Waals surface area (Å²) in [6.07, 6.45) is 7.09. The highest BCUT2D eigenvalue weighted by molar-refractivity contribution is 14.0. The van der Waals surface area contributed by atoms with Crippen LogP contribution in [0.15, 0.2) is 47.7 Å². The van der Waals surface area contributed by atoms with Crippen LogP contribution in [0, 0.1) is 0 Å². The summed E-state index contributed by atoms with van der Waals surface area (Å²) in [4.78, 5) is 7.22. The number of halogens is 1. The first-order chi connectivity index (χ1) is 13.3. The quantitative estimate of drug-likeness (QED) is 0.243. The minimum Gasteiger partial charge on any atom is -0.357 e. The Kier molecular flexibility index (Phi) is 10.3. The maximum Gasteiger partial charge on any atom is 0.191 e. The molecule has 0 bridgehead atoms. The first kappa shape index (κ1) is 22.7. The standard InChI is InChI=1S/C21H32N6.HI/c1-2-22-21(24-12-6-15-27-16-7-13-25-27)23-11-5-14-26-17-10-19-8-3-4-9-20(19)18-26;/h3-4,7-9,13,16H,2,5-6,10-12,14-15,17-18H2,1H3,(H2,22,23,24);1H. The van der Waals surface area contributed by atoms with Crippen molar-refractivity contribution in [3.63, 3.8) is 0 Å². The van der Waals surface area contributed by atoms with E-state index < -0.39 is 0 Å². The Morgan fingerprint density at radius 1 is 1.11 bits per heavy atom. The number of nitrogens with zero attached hydrogens (tertiary/aromatic N) is 4. The second kappa shape index (κ2) is 12.8. The molecule has 0 unspecified atom stereocenters. The fourth-order valence-corrected chi connectivity index (χ4v) is 3.45. The lowest BCUT2D eigenvalue weighted by molar-refractivity contribution is 0.251. The average molecular weight is 496 g/mol. The maximum atomic E-state index is 4.67. The number of hydrogen-bond acceptors (Lipinski definition) is 3. The van der Waals surface area contributed by atoms with Gasteiger partial charge in [0, 0.05) is 58.2 Å². The van der Waals surface area contributed by atoms with Gasteiger partial charge >= 0.3 is 0 Å². The lowest BCUT2D eigenvalue weighted by Crippen LogP contribution is -2.39. The highest BCUT2D eigenvalue weighted by atomic mass is 127. The second-order valence-electron chi connectivity index (χ2n) is 6.96. The largest absolute Gasteiger partial charge is 0.357 e. The van der Waals surface area contributed by atoms with Gasteiger partial charge < -0.3 is 10.6 Å². The van der Waals surface area contributed by atoms with E-state index in [4.69, 9.17) is 0 Å². The predicted octanol–water partition coefficient (Wildman–Crippen LogP) is 2.89. The molecular formula is C21H33IN6. The molecule has 0 radical (unpaired) electrons. The van der Waals surface area contributed by atoms with E-state index in [1.807, 2.05) is 23.1 Å². The highest BCUT2D eigenvalue weighted by Crippen LogP contribution is 2.18. The van der Waals surface area contributed by atoms with Gasteiger partial charge in [0.15, 0.2) is 5.96 Å². The molecule has 0 amide bonds. The Bertz CT molecular complexity index is 701. The fraction of sp³-hybridized carbons (Fsp3) is 0.524. The van der Waals surface area contributed by atoms with Crippen LogP contribution in [0.25, 0.3) is 0 Å². The first-order valence-corrected chi connectivity index (χ1v) is 10.1. The average Bonchev–Trinajstić information content (AvgIpc) is 3.22. The van der Waals surface area contributed by atoms with E-state index >= 15 is 0 Å². The summed E-state index contributed by atoms with van der Waals surface area (Å²) in [6.45, 7) is 9.02. The Morgan fingerprint density at radius 3 is 2.75 bits per heavy atom. The van der Waals surface area contributed by atoms with E-state index in [2.05, 4.69) is 56.8 Å². The monoisotopic (exact) mass is 496 g/mol. The van der Waals surface area contributed by atoms with Gasteiger partial charge in [-0.3, -0.25) is 14.6 Å². The molecule has 0 fully saturated rings. The third-order valence-corrected chi connectivity index (χ3v) is 4.87. The molecule has 1 aromatic heterocycles. The van der Waals surface area contributed by atoms with Gasteiger partial charge in [-0.2, -0.15) is 5.10 Å². The fourth-order valence-electron chi connectivity index (χ4n) is 3.45. The van der Waals surface area contributed by atoms with Gasteiger partial charge in [0.2, 0.25) is 0 Å². The number of hydrogen-bond donors (Lipinski definition) is 2. The van der Waals surface area contributed by atoms with Crippen LogP contribution < -0.4 is 10.6 Å². The van der Waals surface area contributed by atoms with E-state index in [1.165, 1.54) is 24.1 Å². The van der Waals surface area contributed by atoms with E-state index in [1.54, 1.807) is 0 Å². The number of rotatable bonds is 9. The first-order valence-electron chi connectivity index (χ1n) is 10.1. The summed E-state index contributed by atoms with van der Waals surface area (Å²) >= 11 is 0. The SMILES string of the molecule is CCNC(=NCCCn1cccn1)NCCCN1CCc2ccccc2C1.I. The third kappa shape index (κ3) is 7.43. The van der Waals surface area contributed by atoms with Crippen molar-refractivity contribution in [3.8, 4) is 0 Å². The summed E-state index contributed by atoms with van der Waals surface area (Å²) in [5.74, 6) is 0.918. The van der Waals surface area contributed by atoms with E-state index in [9.17, 15) is 0 Å². The van der Waals surface area contributed by atoms with Crippen molar-refractivity contribution in [2.75, 3.05) is 32.7 Å². The van der Waals surface area contributed by atoms with Gasteiger partial charge in [0.25, 0.3) is 0 Å². The van der Waals surface area contributed by atoms with Gasteiger partial charge in [-0.25, -0.2) is 0 Å². The van der Waals surface area contributed by atoms with Crippen LogP contribution in [0.2, 0.25) is 0 Å². The van der Waals surface area contributed by atoms with Gasteiger partial charge in [-0.1, -0.05) is 24.3 Å². The lowest BCUT2D eigenvalue weighted by Gasteiger charge is -2.28. The molecule has 0 saturated carbocycles. The number of benzene rings is 1. The van der Waals surface area contributed by atoms with Crippen LogP contribution in [0.4, 0.5) is 0 Å². The summed E-state index contributed by atoms with van der Waals surface area (Å²) < 4.78 is 1.95. The molecule has 1 aliphatic rings. The Hall–Kier alpha value is -1.61. The highest BCUT2D eigenvalue weighted by Gasteiger charge is 2.14. The molecule has 0 saturated heterocycles. The number of aryl methyl sites for hydroxylation is 1. The molecule has 0 atom stereocenters. The van der Waals surface area contributed by atoms with Crippen molar-refractivity contribution in [2.45, 2.75) is 39.3 Å². The van der Waals surface area contributed by atoms with Gasteiger partial charge in [-0.15, -0.1) is 24.0 Å². The smallest absolute Gasteiger partial charge is 0.191 e. The number of fused-ring (bicyclic) bond motifs is 1. The Labute approximate surface area is 185 Å². The molecule has 3 rings (SSSR count). The van der Waals surface area contributed by atoms with Crippen molar-refractivity contribution >= 4 is 29.9 Å². The molecule has 2 N–H and O–H groups in total. The molecule has 7 heteroatoms. The van der Waals surface area contributed by atoms with E-state index in [0.717, 1.165) is 58.1 Å². The number of aliphatic imine (C=N–C) groups is 1. The number of nitrogens with one attached hydrogen (secondary N) is 2. The van der Waals surface area contributed by atoms with Crippen molar-refractivity contribution in [1.82, 2.24) is 25.3 Å². The van der Waals surface area contributed by atoms with Gasteiger partial charge in [-0.05, 0) is 43.4 Å². The van der Waals surface area contributed by atoms with Crippen LogP contribution in [-0.4, -0.2) is 53.4 Å². The molecule has 2 aromatic rings. The summed E-state index contributed by atoms with van der Waals surface area (Å²) in [5, 5.41) is 11.0. The zero-order valence-corrected chi connectivity index (χ0v) is 19.1. The minimum atomic E-state index is 0. The Balaban J connectivity index is 0.00000280. The molecule has 6 nitrogen and oxygen atoms in total. The molecule has 0 aliphatic carbocycles. The third-order valence-electron chi connectivity index (χ3n) is 4.87. The second-order valence-corrected chi connectivity index (χ2v) is 6.96. The van der Waals surface area contributed by atoms with Crippen LogP contribution in [-0.2, 0) is 19.5 Å². The molecule has 1 aliphatic heterocycles. The normalized spacial score (nSPS) is 14.2. The van der Waals surface area contributed by atoms with E-state index in [0.29, 0.717) is 0 Å². The zero-order chi connectivity index (χ0) is 18.7.